The standard InChI is InChI=1S/C40H34F4N4O2/c1-23(49-15-13-31-35(41)5-3-6-36(31)42)33-19-29-18-27-10-9-25(45-27)17-26-11-12-28(46-26)21-39-34(20-30(48-39)22-40(33)47-29)24(2)50-16-14-32-37(43)7-4-8-38(32)44/h3-12,17-24,46-47H,13-16H2,1-2H3/i19D. The predicted molar refractivity (Wildman–Crippen MR) is 188 cm³/mol. The zero-order chi connectivity index (χ0) is 35.6. The fourth-order valence-corrected chi connectivity index (χ4v) is 6.09. The summed E-state index contributed by atoms with van der Waals surface area (Å²) < 4.78 is 78.4. The van der Waals surface area contributed by atoms with Crippen LogP contribution >= 0.6 is 0 Å². The highest BCUT2D eigenvalue weighted by atomic mass is 19.1. The Labute approximate surface area is 287 Å². The average Bonchev–Trinajstić information content (AvgIpc) is 3.88. The van der Waals surface area contributed by atoms with Gasteiger partial charge in [-0.05, 0) is 98.8 Å². The summed E-state index contributed by atoms with van der Waals surface area (Å²) in [5.74, 6) is -2.51. The van der Waals surface area contributed by atoms with Gasteiger partial charge in [0.15, 0.2) is 0 Å². The summed E-state index contributed by atoms with van der Waals surface area (Å²) in [7, 11) is 0. The predicted octanol–water partition coefficient (Wildman–Crippen LogP) is 9.55. The van der Waals surface area contributed by atoms with Crippen molar-refractivity contribution in [2.45, 2.75) is 38.9 Å². The number of nitrogens with zero attached hydrogens (tertiary/aromatic N) is 2. The van der Waals surface area contributed by atoms with E-state index >= 15 is 0 Å². The molecule has 3 aromatic heterocycles. The zero-order valence-corrected chi connectivity index (χ0v) is 27.4. The molecule has 50 heavy (non-hydrogen) atoms. The van der Waals surface area contributed by atoms with Crippen molar-refractivity contribution in [3.63, 3.8) is 0 Å². The van der Waals surface area contributed by atoms with E-state index in [2.05, 4.69) is 9.97 Å². The zero-order valence-electron chi connectivity index (χ0n) is 28.4. The largest absolute Gasteiger partial charge is 0.373 e. The number of hydrogen-bond donors (Lipinski definition) is 2. The lowest BCUT2D eigenvalue weighted by molar-refractivity contribution is 0.0684. The van der Waals surface area contributed by atoms with Gasteiger partial charge in [0, 0.05) is 57.2 Å². The molecule has 2 aliphatic heterocycles. The second-order valence-electron chi connectivity index (χ2n) is 12.2. The summed E-state index contributed by atoms with van der Waals surface area (Å²) in [5.41, 5.74) is 6.49. The van der Waals surface area contributed by atoms with Crippen LogP contribution in [0.1, 0.15) is 60.8 Å². The van der Waals surface area contributed by atoms with Crippen molar-refractivity contribution in [2.75, 3.05) is 13.2 Å². The normalized spacial score (nSPS) is 14.0. The van der Waals surface area contributed by atoms with Crippen molar-refractivity contribution in [3.8, 4) is 0 Å². The number of ether oxygens (including phenoxy) is 2. The van der Waals surface area contributed by atoms with E-state index in [1.807, 2.05) is 55.5 Å². The van der Waals surface area contributed by atoms with E-state index < -0.39 is 35.5 Å². The molecule has 254 valence electrons. The number of benzene rings is 2. The molecule has 2 aliphatic rings. The van der Waals surface area contributed by atoms with Crippen LogP contribution in [0.3, 0.4) is 0 Å². The number of hydrogen-bond acceptors (Lipinski definition) is 4. The summed E-state index contributed by atoms with van der Waals surface area (Å²) in [6.07, 6.45) is 4.58. The van der Waals surface area contributed by atoms with Crippen molar-refractivity contribution in [1.82, 2.24) is 19.9 Å². The highest BCUT2D eigenvalue weighted by Gasteiger charge is 2.20. The molecular formula is C40H34F4N4O2. The molecule has 0 saturated carbocycles. The lowest BCUT2D eigenvalue weighted by Gasteiger charge is -2.14. The summed E-state index contributed by atoms with van der Waals surface area (Å²) in [4.78, 5) is 16.3. The molecule has 10 heteroatoms. The number of rotatable bonds is 10. The van der Waals surface area contributed by atoms with Crippen molar-refractivity contribution in [1.29, 1.82) is 0 Å². The van der Waals surface area contributed by atoms with Gasteiger partial charge in [0.2, 0.25) is 0 Å². The molecule has 2 unspecified atom stereocenters. The van der Waals surface area contributed by atoms with Gasteiger partial charge in [-0.25, -0.2) is 27.5 Å². The molecule has 0 radical (unpaired) electrons. The van der Waals surface area contributed by atoms with Gasteiger partial charge in [0.25, 0.3) is 0 Å². The van der Waals surface area contributed by atoms with Gasteiger partial charge in [-0.15, -0.1) is 0 Å². The molecule has 0 aliphatic carbocycles. The summed E-state index contributed by atoms with van der Waals surface area (Å²) in [6, 6.07) is 19.0. The highest BCUT2D eigenvalue weighted by Crippen LogP contribution is 2.30. The molecular weight excluding hydrogens is 644 g/mol. The van der Waals surface area contributed by atoms with Gasteiger partial charge in [0.05, 0.1) is 49.6 Å². The lowest BCUT2D eigenvalue weighted by Crippen LogP contribution is -2.13. The molecule has 7 rings (SSSR count). The van der Waals surface area contributed by atoms with E-state index in [0.717, 1.165) is 22.3 Å². The molecule has 0 saturated heterocycles. The Hall–Kier alpha value is -5.32. The average molecular weight is 680 g/mol. The molecule has 0 spiro atoms. The first-order valence-corrected chi connectivity index (χ1v) is 16.3. The topological polar surface area (TPSA) is 75.8 Å². The van der Waals surface area contributed by atoms with Crippen LogP contribution in [0.4, 0.5) is 17.6 Å². The molecule has 2 N–H and O–H groups in total. The maximum Gasteiger partial charge on any atom is 0.129 e. The number of nitrogens with one attached hydrogen (secondary N) is 2. The van der Waals surface area contributed by atoms with E-state index in [1.165, 1.54) is 36.4 Å². The molecule has 6 nitrogen and oxygen atoms in total. The van der Waals surface area contributed by atoms with Crippen molar-refractivity contribution < 1.29 is 28.4 Å². The Morgan fingerprint density at radius 2 is 1.22 bits per heavy atom. The second-order valence-corrected chi connectivity index (χ2v) is 12.2. The summed E-state index contributed by atoms with van der Waals surface area (Å²) in [5, 5.41) is 0. The second kappa shape index (κ2) is 14.3. The van der Waals surface area contributed by atoms with Crippen LogP contribution < -0.4 is 0 Å². The van der Waals surface area contributed by atoms with Crippen molar-refractivity contribution in [2.24, 2.45) is 0 Å². The minimum Gasteiger partial charge on any atom is -0.373 e. The van der Waals surface area contributed by atoms with E-state index in [1.54, 1.807) is 13.0 Å². The smallest absolute Gasteiger partial charge is 0.129 e. The van der Waals surface area contributed by atoms with Crippen LogP contribution in [0.5, 0.6) is 0 Å². The Bertz CT molecular complexity index is 2310. The van der Waals surface area contributed by atoms with Crippen LogP contribution in [0, 0.1) is 23.3 Å². The first-order chi connectivity index (χ1) is 24.6. The van der Waals surface area contributed by atoms with Crippen molar-refractivity contribution >= 4 is 45.9 Å². The molecule has 0 amide bonds. The third-order valence-corrected chi connectivity index (χ3v) is 8.68. The van der Waals surface area contributed by atoms with Gasteiger partial charge in [-0.3, -0.25) is 0 Å². The number of aromatic amines is 2. The monoisotopic (exact) mass is 679 g/mol. The number of halogens is 4. The van der Waals surface area contributed by atoms with Gasteiger partial charge in [-0.1, -0.05) is 12.1 Å². The first kappa shape index (κ1) is 31.9. The molecule has 2 atom stereocenters. The SMILES string of the molecule is [2H]c1c(C(C)OCCc2c(F)cccc2F)c2cc3nc(cc4ccc(cc5nc(cc1[nH]2)C=C5)[nH]4)C(C(C)OCCc1c(F)cccc1F)=C3. The Morgan fingerprint density at radius 3 is 1.84 bits per heavy atom. The van der Waals surface area contributed by atoms with E-state index in [-0.39, 0.29) is 43.2 Å². The van der Waals surface area contributed by atoms with Crippen LogP contribution in [-0.4, -0.2) is 39.3 Å². The lowest BCUT2D eigenvalue weighted by atomic mass is 10.1. The van der Waals surface area contributed by atoms with Crippen LogP contribution in [0.2, 0.25) is 0 Å². The summed E-state index contributed by atoms with van der Waals surface area (Å²) >= 11 is 0. The minimum absolute atomic E-state index is 0.0179. The molecule has 8 bridgehead atoms. The number of aromatic nitrogens is 4. The van der Waals surface area contributed by atoms with Gasteiger partial charge < -0.3 is 19.4 Å². The third kappa shape index (κ3) is 7.31. The van der Waals surface area contributed by atoms with Crippen LogP contribution in [0.25, 0.3) is 45.9 Å². The minimum atomic E-state index is -0.637. The number of H-pyrrole nitrogens is 2. The molecule has 5 aromatic rings. The van der Waals surface area contributed by atoms with Crippen LogP contribution in [0.15, 0.2) is 78.8 Å². The Morgan fingerprint density at radius 1 is 0.660 bits per heavy atom. The fourth-order valence-electron chi connectivity index (χ4n) is 6.09. The third-order valence-electron chi connectivity index (χ3n) is 8.68. The van der Waals surface area contributed by atoms with Gasteiger partial charge in [-0.2, -0.15) is 0 Å². The quantitative estimate of drug-likeness (QED) is 0.142. The summed E-state index contributed by atoms with van der Waals surface area (Å²) in [6.45, 7) is 3.74. The van der Waals surface area contributed by atoms with Crippen molar-refractivity contribution in [3.05, 3.63) is 142 Å². The van der Waals surface area contributed by atoms with E-state index in [9.17, 15) is 17.6 Å². The Balaban J connectivity index is 1.27. The number of fused-ring (bicyclic) bond motifs is 8. The molecule has 0 fully saturated rings. The van der Waals surface area contributed by atoms with Crippen LogP contribution in [-0.2, 0) is 22.3 Å². The van der Waals surface area contributed by atoms with E-state index in [0.29, 0.717) is 33.7 Å². The highest BCUT2D eigenvalue weighted by molar-refractivity contribution is 5.87. The molecule has 2 aromatic carbocycles. The van der Waals surface area contributed by atoms with E-state index in [4.69, 9.17) is 20.8 Å². The Kier molecular flexibility index (Phi) is 9.11. The maximum absolute atomic E-state index is 14.3. The first-order valence-electron chi connectivity index (χ1n) is 16.8. The molecule has 5 heterocycles. The van der Waals surface area contributed by atoms with Gasteiger partial charge in [0.1, 0.15) is 23.3 Å². The fraction of sp³-hybridized carbons (Fsp3) is 0.200. The maximum atomic E-state index is 14.3. The van der Waals surface area contributed by atoms with Gasteiger partial charge >= 0.3 is 0 Å².